The number of aliphatic carboxylic acids is 1. The van der Waals surface area contributed by atoms with E-state index in [4.69, 9.17) is 5.11 Å². The van der Waals surface area contributed by atoms with E-state index in [0.717, 1.165) is 0 Å². The summed E-state index contributed by atoms with van der Waals surface area (Å²) in [5.41, 5.74) is 0.780. The molecule has 0 aliphatic rings. The molecule has 0 bridgehead atoms. The van der Waals surface area contributed by atoms with Crippen LogP contribution >= 0.6 is 0 Å². The van der Waals surface area contributed by atoms with Crippen LogP contribution in [0, 0.1) is 5.92 Å². The van der Waals surface area contributed by atoms with Gasteiger partial charge in [-0.05, 0) is 25.3 Å². The lowest BCUT2D eigenvalue weighted by Gasteiger charge is -2.33. The number of rotatable bonds is 6. The number of carboxylic acids is 1. The number of hydrogen-bond donors (Lipinski definition) is 2. The molecule has 100 valence electrons. The monoisotopic (exact) mass is 249 g/mol. The average Bonchev–Trinajstić information content (AvgIpc) is 2.25. The van der Waals surface area contributed by atoms with Gasteiger partial charge in [0.1, 0.15) is 0 Å². The van der Waals surface area contributed by atoms with E-state index in [9.17, 15) is 4.79 Å². The van der Waals surface area contributed by atoms with Gasteiger partial charge in [-0.15, -0.1) is 0 Å². The standard InChI is InChI=1S/C15H23NO2/c1-11(2)14(12-8-6-5-7-9-12)16-15(3,4)10-13(17)18/h5-9,11,14,16H,10H2,1-4H3,(H,17,18). The molecule has 2 N–H and O–H groups in total. The fraction of sp³-hybridized carbons (Fsp3) is 0.533. The number of nitrogens with one attached hydrogen (secondary N) is 1. The molecule has 0 aliphatic carbocycles. The van der Waals surface area contributed by atoms with Crippen molar-refractivity contribution >= 4 is 5.97 Å². The summed E-state index contributed by atoms with van der Waals surface area (Å²) in [6.45, 7) is 8.14. The summed E-state index contributed by atoms with van der Waals surface area (Å²) in [4.78, 5) is 10.9. The van der Waals surface area contributed by atoms with Crippen molar-refractivity contribution in [2.75, 3.05) is 0 Å². The van der Waals surface area contributed by atoms with Gasteiger partial charge in [0, 0.05) is 11.6 Å². The summed E-state index contributed by atoms with van der Waals surface area (Å²) in [7, 11) is 0. The molecule has 3 heteroatoms. The Bertz CT molecular complexity index is 385. The molecule has 3 nitrogen and oxygen atoms in total. The first-order valence-electron chi connectivity index (χ1n) is 6.36. The number of carboxylic acid groups (broad SMARTS) is 1. The van der Waals surface area contributed by atoms with Crippen LogP contribution in [0.2, 0.25) is 0 Å². The summed E-state index contributed by atoms with van der Waals surface area (Å²) >= 11 is 0. The van der Waals surface area contributed by atoms with E-state index >= 15 is 0 Å². The molecule has 1 atom stereocenters. The van der Waals surface area contributed by atoms with Gasteiger partial charge in [0.2, 0.25) is 0 Å². The summed E-state index contributed by atoms with van der Waals surface area (Å²) < 4.78 is 0. The third-order valence-corrected chi connectivity index (χ3v) is 2.96. The summed E-state index contributed by atoms with van der Waals surface area (Å²) in [6, 6.07) is 10.3. The van der Waals surface area contributed by atoms with E-state index in [1.165, 1.54) is 5.56 Å². The van der Waals surface area contributed by atoms with Crippen molar-refractivity contribution in [2.24, 2.45) is 5.92 Å². The molecule has 0 saturated carbocycles. The van der Waals surface area contributed by atoms with Crippen LogP contribution in [-0.4, -0.2) is 16.6 Å². The maximum absolute atomic E-state index is 10.9. The zero-order valence-corrected chi connectivity index (χ0v) is 11.6. The molecule has 18 heavy (non-hydrogen) atoms. The van der Waals surface area contributed by atoms with Crippen molar-refractivity contribution in [3.05, 3.63) is 35.9 Å². The van der Waals surface area contributed by atoms with Gasteiger partial charge in [0.05, 0.1) is 6.42 Å². The molecule has 0 radical (unpaired) electrons. The minimum Gasteiger partial charge on any atom is -0.481 e. The molecule has 0 aromatic heterocycles. The van der Waals surface area contributed by atoms with Crippen LogP contribution in [0.1, 0.15) is 45.7 Å². The molecule has 1 unspecified atom stereocenters. The first-order valence-corrected chi connectivity index (χ1v) is 6.36. The average molecular weight is 249 g/mol. The van der Waals surface area contributed by atoms with Crippen molar-refractivity contribution in [3.63, 3.8) is 0 Å². The molecule has 0 heterocycles. The Kier molecular flexibility index (Phi) is 4.91. The van der Waals surface area contributed by atoms with E-state index in [2.05, 4.69) is 31.3 Å². The van der Waals surface area contributed by atoms with Crippen molar-refractivity contribution in [2.45, 2.75) is 45.7 Å². The minimum atomic E-state index is -0.775. The maximum atomic E-state index is 10.9. The lowest BCUT2D eigenvalue weighted by Crippen LogP contribution is -2.44. The first-order chi connectivity index (χ1) is 8.32. The smallest absolute Gasteiger partial charge is 0.305 e. The lowest BCUT2D eigenvalue weighted by atomic mass is 9.91. The topological polar surface area (TPSA) is 49.3 Å². The summed E-state index contributed by atoms with van der Waals surface area (Å²) in [5.74, 6) is -0.372. The van der Waals surface area contributed by atoms with Gasteiger partial charge in [0.15, 0.2) is 0 Å². The Balaban J connectivity index is 2.85. The van der Waals surface area contributed by atoms with Crippen LogP contribution in [-0.2, 0) is 4.79 Å². The van der Waals surface area contributed by atoms with Gasteiger partial charge < -0.3 is 10.4 Å². The Morgan fingerprint density at radius 1 is 1.28 bits per heavy atom. The third-order valence-electron chi connectivity index (χ3n) is 2.96. The minimum absolute atomic E-state index is 0.114. The zero-order valence-electron chi connectivity index (χ0n) is 11.6. The number of carbonyl (C=O) groups is 1. The Morgan fingerprint density at radius 2 is 1.83 bits per heavy atom. The van der Waals surface area contributed by atoms with Gasteiger partial charge in [-0.25, -0.2) is 0 Å². The van der Waals surface area contributed by atoms with Gasteiger partial charge >= 0.3 is 5.97 Å². The van der Waals surface area contributed by atoms with Crippen LogP contribution in [0.25, 0.3) is 0 Å². The van der Waals surface area contributed by atoms with Crippen LogP contribution in [0.3, 0.4) is 0 Å². The highest BCUT2D eigenvalue weighted by atomic mass is 16.4. The van der Waals surface area contributed by atoms with Crippen LogP contribution in [0.4, 0.5) is 0 Å². The van der Waals surface area contributed by atoms with Crippen LogP contribution in [0.5, 0.6) is 0 Å². The second-order valence-electron chi connectivity index (χ2n) is 5.73. The Morgan fingerprint density at radius 3 is 2.28 bits per heavy atom. The van der Waals surface area contributed by atoms with E-state index in [1.807, 2.05) is 32.0 Å². The maximum Gasteiger partial charge on any atom is 0.305 e. The molecule has 1 rings (SSSR count). The SMILES string of the molecule is CC(C)C(NC(C)(C)CC(=O)O)c1ccccc1. The van der Waals surface area contributed by atoms with Crippen LogP contribution in [0.15, 0.2) is 30.3 Å². The van der Waals surface area contributed by atoms with E-state index in [1.54, 1.807) is 0 Å². The fourth-order valence-corrected chi connectivity index (χ4v) is 2.15. The number of hydrogen-bond acceptors (Lipinski definition) is 2. The van der Waals surface area contributed by atoms with Crippen molar-refractivity contribution in [3.8, 4) is 0 Å². The van der Waals surface area contributed by atoms with E-state index in [-0.39, 0.29) is 12.5 Å². The predicted molar refractivity (Wildman–Crippen MR) is 73.5 cm³/mol. The molecule has 0 saturated heterocycles. The normalized spacial score (nSPS) is 13.6. The largest absolute Gasteiger partial charge is 0.481 e. The van der Waals surface area contributed by atoms with E-state index in [0.29, 0.717) is 5.92 Å². The fourth-order valence-electron chi connectivity index (χ4n) is 2.15. The molecule has 1 aromatic carbocycles. The van der Waals surface area contributed by atoms with Gasteiger partial charge in [-0.2, -0.15) is 0 Å². The van der Waals surface area contributed by atoms with Crippen molar-refractivity contribution in [1.82, 2.24) is 5.32 Å². The molecular formula is C15H23NO2. The van der Waals surface area contributed by atoms with Crippen molar-refractivity contribution < 1.29 is 9.90 Å². The Labute approximate surface area is 109 Å². The predicted octanol–water partition coefficient (Wildman–Crippen LogP) is 3.23. The van der Waals surface area contributed by atoms with Crippen molar-refractivity contribution in [1.29, 1.82) is 0 Å². The second kappa shape index (κ2) is 6.01. The highest BCUT2D eigenvalue weighted by Gasteiger charge is 2.27. The molecular weight excluding hydrogens is 226 g/mol. The molecule has 0 spiro atoms. The first kappa shape index (κ1) is 14.7. The third kappa shape index (κ3) is 4.49. The summed E-state index contributed by atoms with van der Waals surface area (Å²) in [6.07, 6.45) is 0.114. The van der Waals surface area contributed by atoms with E-state index < -0.39 is 11.5 Å². The highest BCUT2D eigenvalue weighted by Crippen LogP contribution is 2.25. The summed E-state index contributed by atoms with van der Waals surface area (Å²) in [5, 5.41) is 12.4. The zero-order chi connectivity index (χ0) is 13.8. The lowest BCUT2D eigenvalue weighted by molar-refractivity contribution is -0.138. The highest BCUT2D eigenvalue weighted by molar-refractivity contribution is 5.68. The molecule has 0 aliphatic heterocycles. The number of benzene rings is 1. The van der Waals surface area contributed by atoms with Gasteiger partial charge in [-0.1, -0.05) is 44.2 Å². The Hall–Kier alpha value is -1.35. The second-order valence-corrected chi connectivity index (χ2v) is 5.73. The van der Waals surface area contributed by atoms with Gasteiger partial charge in [-0.3, -0.25) is 4.79 Å². The van der Waals surface area contributed by atoms with Crippen LogP contribution < -0.4 is 5.32 Å². The molecule has 0 amide bonds. The van der Waals surface area contributed by atoms with Gasteiger partial charge in [0.25, 0.3) is 0 Å². The molecule has 1 aromatic rings. The molecule has 0 fully saturated rings. The quantitative estimate of drug-likeness (QED) is 0.813.